The number of piperidine rings is 1. The molecule has 0 aromatic heterocycles. The predicted molar refractivity (Wildman–Crippen MR) is 99.5 cm³/mol. The summed E-state index contributed by atoms with van der Waals surface area (Å²) in [6.45, 7) is 11.0. The fourth-order valence-corrected chi connectivity index (χ4v) is 4.74. The van der Waals surface area contributed by atoms with E-state index in [0.29, 0.717) is 24.1 Å². The van der Waals surface area contributed by atoms with Gasteiger partial charge in [0.1, 0.15) is 0 Å². The summed E-state index contributed by atoms with van der Waals surface area (Å²) in [6, 6.07) is 0.787. The molecule has 1 saturated carbocycles. The standard InChI is InChI=1S/C19H34N4O2/c1-12(2)17(24)23-9-6-13(7-10-23)21-18(20-5)22-15-14-8-11-25-16(14)19(15,3)4/h12-16H,6-11H2,1-5H3,(H2,20,21,22). The molecule has 1 amide bonds. The number of fused-ring (bicyclic) bond motifs is 1. The van der Waals surface area contributed by atoms with Crippen molar-refractivity contribution in [3.05, 3.63) is 0 Å². The molecule has 2 aliphatic heterocycles. The van der Waals surface area contributed by atoms with Gasteiger partial charge in [-0.1, -0.05) is 27.7 Å². The number of hydrogen-bond acceptors (Lipinski definition) is 3. The number of nitrogens with one attached hydrogen (secondary N) is 2. The molecule has 3 fully saturated rings. The van der Waals surface area contributed by atoms with Crippen LogP contribution in [0.1, 0.15) is 47.0 Å². The molecule has 1 aliphatic carbocycles. The summed E-state index contributed by atoms with van der Waals surface area (Å²) in [5.41, 5.74) is 0.145. The molecule has 25 heavy (non-hydrogen) atoms. The zero-order valence-electron chi connectivity index (χ0n) is 16.3. The minimum atomic E-state index is 0.0846. The van der Waals surface area contributed by atoms with E-state index in [1.54, 1.807) is 0 Å². The maximum atomic E-state index is 12.1. The summed E-state index contributed by atoms with van der Waals surface area (Å²) in [4.78, 5) is 18.5. The highest BCUT2D eigenvalue weighted by Gasteiger charge is 2.59. The summed E-state index contributed by atoms with van der Waals surface area (Å²) in [5.74, 6) is 1.84. The second kappa shape index (κ2) is 7.14. The molecule has 0 radical (unpaired) electrons. The molecule has 142 valence electrons. The number of likely N-dealkylation sites (tertiary alicyclic amines) is 1. The van der Waals surface area contributed by atoms with Gasteiger partial charge in [-0.05, 0) is 19.3 Å². The second-order valence-corrected chi connectivity index (χ2v) is 8.66. The Balaban J connectivity index is 1.50. The van der Waals surface area contributed by atoms with E-state index in [1.807, 2.05) is 25.8 Å². The van der Waals surface area contributed by atoms with E-state index in [4.69, 9.17) is 4.74 Å². The Kier molecular flexibility index (Phi) is 5.28. The average Bonchev–Trinajstić information content (AvgIpc) is 3.05. The van der Waals surface area contributed by atoms with Crippen molar-refractivity contribution >= 4 is 11.9 Å². The molecular formula is C19H34N4O2. The van der Waals surface area contributed by atoms with Gasteiger partial charge in [-0.25, -0.2) is 0 Å². The molecule has 0 bridgehead atoms. The van der Waals surface area contributed by atoms with Crippen LogP contribution in [0, 0.1) is 17.3 Å². The molecule has 0 aromatic rings. The van der Waals surface area contributed by atoms with Crippen LogP contribution in [0.2, 0.25) is 0 Å². The first kappa shape index (κ1) is 18.5. The summed E-state index contributed by atoms with van der Waals surface area (Å²) in [6.07, 6.45) is 3.47. The van der Waals surface area contributed by atoms with Gasteiger partial charge < -0.3 is 20.3 Å². The van der Waals surface area contributed by atoms with Crippen molar-refractivity contribution < 1.29 is 9.53 Å². The monoisotopic (exact) mass is 350 g/mol. The average molecular weight is 351 g/mol. The molecule has 3 unspecified atom stereocenters. The van der Waals surface area contributed by atoms with Gasteiger partial charge in [-0.15, -0.1) is 0 Å². The van der Waals surface area contributed by atoms with Crippen molar-refractivity contribution in [3.63, 3.8) is 0 Å². The van der Waals surface area contributed by atoms with Crippen molar-refractivity contribution in [2.45, 2.75) is 65.1 Å². The highest BCUT2D eigenvalue weighted by atomic mass is 16.5. The fourth-order valence-electron chi connectivity index (χ4n) is 4.74. The lowest BCUT2D eigenvalue weighted by atomic mass is 9.57. The SMILES string of the molecule is CN=C(NC1CCN(C(=O)C(C)C)CC1)NC1C2CCOC2C1(C)C. The fraction of sp³-hybridized carbons (Fsp3) is 0.895. The van der Waals surface area contributed by atoms with Gasteiger partial charge in [0.2, 0.25) is 5.91 Å². The van der Waals surface area contributed by atoms with Crippen LogP contribution in [0.25, 0.3) is 0 Å². The molecule has 6 heteroatoms. The molecule has 6 nitrogen and oxygen atoms in total. The lowest BCUT2D eigenvalue weighted by Crippen LogP contribution is -2.68. The molecule has 0 aromatic carbocycles. The number of carbonyl (C=O) groups is 1. The van der Waals surface area contributed by atoms with E-state index in [0.717, 1.165) is 44.9 Å². The third kappa shape index (κ3) is 3.50. The number of ether oxygens (including phenoxy) is 1. The first-order valence-corrected chi connectivity index (χ1v) is 9.74. The maximum Gasteiger partial charge on any atom is 0.225 e. The topological polar surface area (TPSA) is 66.0 Å². The van der Waals surface area contributed by atoms with Gasteiger partial charge in [-0.3, -0.25) is 9.79 Å². The number of hydrogen-bond donors (Lipinski definition) is 2. The smallest absolute Gasteiger partial charge is 0.225 e. The van der Waals surface area contributed by atoms with Crippen molar-refractivity contribution in [2.75, 3.05) is 26.7 Å². The van der Waals surface area contributed by atoms with Crippen LogP contribution >= 0.6 is 0 Å². The first-order valence-electron chi connectivity index (χ1n) is 9.74. The Morgan fingerprint density at radius 3 is 2.48 bits per heavy atom. The van der Waals surface area contributed by atoms with Crippen LogP contribution in [0.3, 0.4) is 0 Å². The van der Waals surface area contributed by atoms with Crippen molar-refractivity contribution in [1.29, 1.82) is 0 Å². The van der Waals surface area contributed by atoms with Crippen LogP contribution in [-0.4, -0.2) is 61.7 Å². The predicted octanol–water partition coefficient (Wildman–Crippen LogP) is 1.61. The first-order chi connectivity index (χ1) is 11.8. The number of aliphatic imine (C=N–C) groups is 1. The van der Waals surface area contributed by atoms with Crippen molar-refractivity contribution in [2.24, 2.45) is 22.2 Å². The zero-order valence-corrected chi connectivity index (χ0v) is 16.3. The normalized spacial score (nSPS) is 32.3. The highest BCUT2D eigenvalue weighted by Crippen LogP contribution is 2.52. The van der Waals surface area contributed by atoms with E-state index in [9.17, 15) is 4.79 Å². The third-order valence-electron chi connectivity index (χ3n) is 6.26. The molecule has 2 N–H and O–H groups in total. The molecule has 2 heterocycles. The Morgan fingerprint density at radius 2 is 1.88 bits per heavy atom. The van der Waals surface area contributed by atoms with Gasteiger partial charge in [0.25, 0.3) is 0 Å². The van der Waals surface area contributed by atoms with Gasteiger partial charge >= 0.3 is 0 Å². The molecule has 3 atom stereocenters. The van der Waals surface area contributed by atoms with E-state index in [2.05, 4.69) is 29.5 Å². The highest BCUT2D eigenvalue weighted by molar-refractivity contribution is 5.81. The van der Waals surface area contributed by atoms with Crippen LogP contribution < -0.4 is 10.6 Å². The molecule has 0 spiro atoms. The van der Waals surface area contributed by atoms with E-state index < -0.39 is 0 Å². The largest absolute Gasteiger partial charge is 0.377 e. The summed E-state index contributed by atoms with van der Waals surface area (Å²) in [5, 5.41) is 7.21. The van der Waals surface area contributed by atoms with E-state index in [-0.39, 0.29) is 17.2 Å². The minimum Gasteiger partial charge on any atom is -0.377 e. The molecule has 2 saturated heterocycles. The van der Waals surface area contributed by atoms with Gasteiger partial charge in [0.15, 0.2) is 5.96 Å². The lowest BCUT2D eigenvalue weighted by molar-refractivity contribution is -0.135. The maximum absolute atomic E-state index is 12.1. The van der Waals surface area contributed by atoms with Crippen molar-refractivity contribution in [3.8, 4) is 0 Å². The van der Waals surface area contributed by atoms with E-state index >= 15 is 0 Å². The second-order valence-electron chi connectivity index (χ2n) is 8.66. The third-order valence-corrected chi connectivity index (χ3v) is 6.26. The number of carbonyl (C=O) groups excluding carboxylic acids is 1. The molecule has 3 aliphatic rings. The number of rotatable bonds is 3. The summed E-state index contributed by atoms with van der Waals surface area (Å²) >= 11 is 0. The zero-order chi connectivity index (χ0) is 18.2. The Labute approximate surface area is 151 Å². The van der Waals surface area contributed by atoms with Gasteiger partial charge in [0, 0.05) is 56.1 Å². The van der Waals surface area contributed by atoms with Crippen LogP contribution in [0.4, 0.5) is 0 Å². The Morgan fingerprint density at radius 1 is 1.20 bits per heavy atom. The van der Waals surface area contributed by atoms with Gasteiger partial charge in [0.05, 0.1) is 6.10 Å². The Bertz CT molecular complexity index is 524. The number of nitrogens with zero attached hydrogens (tertiary/aromatic N) is 2. The number of amides is 1. The van der Waals surface area contributed by atoms with Crippen LogP contribution in [0.5, 0.6) is 0 Å². The number of guanidine groups is 1. The minimum absolute atomic E-state index is 0.0846. The summed E-state index contributed by atoms with van der Waals surface area (Å²) in [7, 11) is 1.83. The van der Waals surface area contributed by atoms with Crippen LogP contribution in [-0.2, 0) is 9.53 Å². The Hall–Kier alpha value is -1.30. The lowest BCUT2D eigenvalue weighted by Gasteiger charge is -2.55. The van der Waals surface area contributed by atoms with Crippen LogP contribution in [0.15, 0.2) is 4.99 Å². The summed E-state index contributed by atoms with van der Waals surface area (Å²) < 4.78 is 5.88. The van der Waals surface area contributed by atoms with E-state index in [1.165, 1.54) is 0 Å². The molecule has 3 rings (SSSR count). The molecular weight excluding hydrogens is 316 g/mol. The van der Waals surface area contributed by atoms with Crippen molar-refractivity contribution in [1.82, 2.24) is 15.5 Å². The quantitative estimate of drug-likeness (QED) is 0.599. The van der Waals surface area contributed by atoms with Gasteiger partial charge in [-0.2, -0.15) is 0 Å².